The highest BCUT2D eigenvalue weighted by Gasteiger charge is 2.22. The average Bonchev–Trinajstić information content (AvgIpc) is 3.09. The number of nitrogens with one attached hydrogen (secondary N) is 1. The van der Waals surface area contributed by atoms with Crippen LogP contribution >= 0.6 is 0 Å². The number of amides is 1. The molecule has 0 unspecified atom stereocenters. The fourth-order valence-electron chi connectivity index (χ4n) is 3.02. The van der Waals surface area contributed by atoms with E-state index in [1.807, 2.05) is 6.92 Å². The number of fused-ring (bicyclic) bond motifs is 1. The Kier molecular flexibility index (Phi) is 6.42. The highest BCUT2D eigenvalue weighted by molar-refractivity contribution is 6.01. The summed E-state index contributed by atoms with van der Waals surface area (Å²) >= 11 is 0. The molecule has 0 radical (unpaired) electrons. The Labute approximate surface area is 163 Å². The van der Waals surface area contributed by atoms with E-state index >= 15 is 0 Å². The van der Waals surface area contributed by atoms with Crippen molar-refractivity contribution in [3.05, 3.63) is 59.2 Å². The predicted octanol–water partition coefficient (Wildman–Crippen LogP) is 3.79. The maximum atomic E-state index is 12.1. The summed E-state index contributed by atoms with van der Waals surface area (Å²) in [6.45, 7) is 2.27. The molecule has 0 heterocycles. The number of hydrogen-bond acceptors (Lipinski definition) is 5. The van der Waals surface area contributed by atoms with E-state index in [4.69, 9.17) is 9.47 Å². The molecule has 28 heavy (non-hydrogen) atoms. The van der Waals surface area contributed by atoms with Crippen molar-refractivity contribution >= 4 is 23.3 Å². The molecule has 1 N–H and O–H groups in total. The van der Waals surface area contributed by atoms with Crippen LogP contribution in [0.25, 0.3) is 0 Å². The molecule has 0 aliphatic heterocycles. The number of benzene rings is 2. The van der Waals surface area contributed by atoms with E-state index in [-0.39, 0.29) is 24.3 Å². The van der Waals surface area contributed by atoms with Crippen molar-refractivity contribution in [3.8, 4) is 5.75 Å². The lowest BCUT2D eigenvalue weighted by Gasteiger charge is -2.11. The van der Waals surface area contributed by atoms with Gasteiger partial charge in [0.15, 0.2) is 12.4 Å². The minimum atomic E-state index is -0.373. The zero-order chi connectivity index (χ0) is 19.9. The SMILES string of the molecule is CCCCOC(=O)c1ccc(NC(=O)COc2cccc3c2CCC3=O)cc1. The van der Waals surface area contributed by atoms with Gasteiger partial charge in [0.25, 0.3) is 5.91 Å². The fraction of sp³-hybridized carbons (Fsp3) is 0.318. The van der Waals surface area contributed by atoms with E-state index in [2.05, 4.69) is 5.32 Å². The summed E-state index contributed by atoms with van der Waals surface area (Å²) < 4.78 is 10.8. The number of Topliss-reactive ketones (excluding diaryl/α,β-unsaturated/α-hetero) is 1. The van der Waals surface area contributed by atoms with Gasteiger partial charge in [0.2, 0.25) is 0 Å². The van der Waals surface area contributed by atoms with Gasteiger partial charge in [0.05, 0.1) is 12.2 Å². The first kappa shape index (κ1) is 19.6. The van der Waals surface area contributed by atoms with Crippen LogP contribution in [0, 0.1) is 0 Å². The normalized spacial score (nSPS) is 12.4. The summed E-state index contributed by atoms with van der Waals surface area (Å²) in [5.41, 5.74) is 2.55. The number of anilines is 1. The molecule has 0 fully saturated rings. The van der Waals surface area contributed by atoms with E-state index in [1.54, 1.807) is 42.5 Å². The van der Waals surface area contributed by atoms with Crippen LogP contribution in [0.15, 0.2) is 42.5 Å². The van der Waals surface area contributed by atoms with Crippen molar-refractivity contribution in [1.29, 1.82) is 0 Å². The van der Waals surface area contributed by atoms with Gasteiger partial charge in [0.1, 0.15) is 5.75 Å². The summed E-state index contributed by atoms with van der Waals surface area (Å²) in [4.78, 5) is 35.8. The Morgan fingerprint density at radius 3 is 2.61 bits per heavy atom. The molecule has 0 spiro atoms. The fourth-order valence-corrected chi connectivity index (χ4v) is 3.02. The molecule has 0 atom stereocenters. The second kappa shape index (κ2) is 9.17. The average molecular weight is 381 g/mol. The molecule has 0 saturated carbocycles. The molecule has 146 valence electrons. The standard InChI is InChI=1S/C22H23NO5/c1-2-3-13-27-22(26)15-7-9-16(10-8-15)23-21(25)14-28-20-6-4-5-17-18(20)11-12-19(17)24/h4-10H,2-3,11-14H2,1H3,(H,23,25). The summed E-state index contributed by atoms with van der Waals surface area (Å²) in [5.74, 6) is -0.00998. The molecule has 3 rings (SSSR count). The van der Waals surface area contributed by atoms with Gasteiger partial charge in [-0.05, 0) is 43.2 Å². The Balaban J connectivity index is 1.52. The monoisotopic (exact) mass is 381 g/mol. The third-order valence-corrected chi connectivity index (χ3v) is 4.53. The first-order chi connectivity index (χ1) is 13.6. The van der Waals surface area contributed by atoms with E-state index in [0.29, 0.717) is 42.0 Å². The van der Waals surface area contributed by atoms with E-state index in [9.17, 15) is 14.4 Å². The number of carbonyl (C=O) groups is 3. The van der Waals surface area contributed by atoms with Crippen molar-refractivity contribution in [2.45, 2.75) is 32.6 Å². The van der Waals surface area contributed by atoms with Crippen LogP contribution in [0.1, 0.15) is 52.5 Å². The Bertz CT molecular complexity index is 873. The van der Waals surface area contributed by atoms with Gasteiger partial charge in [-0.2, -0.15) is 0 Å². The second-order valence-electron chi connectivity index (χ2n) is 6.61. The van der Waals surface area contributed by atoms with Crippen molar-refractivity contribution in [2.75, 3.05) is 18.5 Å². The zero-order valence-corrected chi connectivity index (χ0v) is 15.8. The first-order valence-corrected chi connectivity index (χ1v) is 9.43. The summed E-state index contributed by atoms with van der Waals surface area (Å²) in [5, 5.41) is 2.72. The molecular weight excluding hydrogens is 358 g/mol. The van der Waals surface area contributed by atoms with Crippen LogP contribution in [0.4, 0.5) is 5.69 Å². The third kappa shape index (κ3) is 4.76. The van der Waals surface area contributed by atoms with Gasteiger partial charge < -0.3 is 14.8 Å². The van der Waals surface area contributed by atoms with Crippen LogP contribution in [-0.2, 0) is 16.0 Å². The van der Waals surface area contributed by atoms with Crippen LogP contribution in [0.2, 0.25) is 0 Å². The molecule has 1 amide bonds. The number of rotatable bonds is 8. The summed E-state index contributed by atoms with van der Waals surface area (Å²) in [6, 6.07) is 11.8. The number of hydrogen-bond donors (Lipinski definition) is 1. The molecule has 1 aliphatic carbocycles. The molecular formula is C22H23NO5. The lowest BCUT2D eigenvalue weighted by atomic mass is 10.1. The molecule has 6 heteroatoms. The number of ether oxygens (including phenoxy) is 2. The number of ketones is 1. The van der Waals surface area contributed by atoms with Crippen LogP contribution in [0.3, 0.4) is 0 Å². The zero-order valence-electron chi connectivity index (χ0n) is 15.8. The largest absolute Gasteiger partial charge is 0.483 e. The topological polar surface area (TPSA) is 81.7 Å². The highest BCUT2D eigenvalue weighted by atomic mass is 16.5. The predicted molar refractivity (Wildman–Crippen MR) is 105 cm³/mol. The minimum absolute atomic E-state index is 0.109. The molecule has 0 bridgehead atoms. The smallest absolute Gasteiger partial charge is 0.338 e. The quantitative estimate of drug-likeness (QED) is 0.556. The number of carbonyl (C=O) groups excluding carboxylic acids is 3. The van der Waals surface area contributed by atoms with Crippen molar-refractivity contribution < 1.29 is 23.9 Å². The van der Waals surface area contributed by atoms with Crippen LogP contribution < -0.4 is 10.1 Å². The second-order valence-corrected chi connectivity index (χ2v) is 6.61. The van der Waals surface area contributed by atoms with Crippen LogP contribution in [0.5, 0.6) is 5.75 Å². The van der Waals surface area contributed by atoms with Gasteiger partial charge in [-0.1, -0.05) is 25.5 Å². The van der Waals surface area contributed by atoms with Gasteiger partial charge in [-0.25, -0.2) is 4.79 Å². The van der Waals surface area contributed by atoms with Gasteiger partial charge >= 0.3 is 5.97 Å². The minimum Gasteiger partial charge on any atom is -0.483 e. The Morgan fingerprint density at radius 2 is 1.86 bits per heavy atom. The lowest BCUT2D eigenvalue weighted by Crippen LogP contribution is -2.20. The highest BCUT2D eigenvalue weighted by Crippen LogP contribution is 2.30. The van der Waals surface area contributed by atoms with E-state index < -0.39 is 0 Å². The molecule has 2 aromatic rings. The lowest BCUT2D eigenvalue weighted by molar-refractivity contribution is -0.118. The van der Waals surface area contributed by atoms with Gasteiger partial charge in [-0.3, -0.25) is 9.59 Å². The van der Waals surface area contributed by atoms with E-state index in [0.717, 1.165) is 18.4 Å². The van der Waals surface area contributed by atoms with Crippen molar-refractivity contribution in [3.63, 3.8) is 0 Å². The molecule has 0 aromatic heterocycles. The number of esters is 1. The maximum Gasteiger partial charge on any atom is 0.338 e. The summed E-state index contributed by atoms with van der Waals surface area (Å²) in [7, 11) is 0. The Morgan fingerprint density at radius 1 is 1.07 bits per heavy atom. The van der Waals surface area contributed by atoms with Crippen molar-refractivity contribution in [1.82, 2.24) is 0 Å². The Hall–Kier alpha value is -3.15. The van der Waals surface area contributed by atoms with E-state index in [1.165, 1.54) is 0 Å². The number of unbranched alkanes of at least 4 members (excludes halogenated alkanes) is 1. The first-order valence-electron chi connectivity index (χ1n) is 9.43. The van der Waals surface area contributed by atoms with Gasteiger partial charge in [-0.15, -0.1) is 0 Å². The molecule has 2 aromatic carbocycles. The van der Waals surface area contributed by atoms with Crippen molar-refractivity contribution in [2.24, 2.45) is 0 Å². The van der Waals surface area contributed by atoms with Crippen LogP contribution in [-0.4, -0.2) is 30.9 Å². The molecule has 0 saturated heterocycles. The molecule has 1 aliphatic rings. The maximum absolute atomic E-state index is 12.1. The van der Waals surface area contributed by atoms with Gasteiger partial charge in [0, 0.05) is 23.2 Å². The summed E-state index contributed by atoms with van der Waals surface area (Å²) in [6.07, 6.45) is 2.91. The third-order valence-electron chi connectivity index (χ3n) is 4.53. The molecule has 6 nitrogen and oxygen atoms in total.